The lowest BCUT2D eigenvalue weighted by Gasteiger charge is -2.25. The zero-order chi connectivity index (χ0) is 24.0. The standard InChI is InChI=1S/C18H35N5O6S2/c1-10(24)14(18(28)29)23-17(27)13(9-30)22-16(26)12(6-8-31-2)21-15(25)11(20)5-3-4-7-19/h10-14,24,30H,3-9,19-20H2,1-2H3,(H,21,25)(H,22,26)(H,23,27)(H,28,29). The Kier molecular flexibility index (Phi) is 15.3. The zero-order valence-corrected chi connectivity index (χ0v) is 19.6. The first-order valence-electron chi connectivity index (χ1n) is 9.96. The lowest BCUT2D eigenvalue weighted by Crippen LogP contribution is -2.58. The minimum Gasteiger partial charge on any atom is -0.480 e. The van der Waals surface area contributed by atoms with Gasteiger partial charge in [0, 0.05) is 5.75 Å². The van der Waals surface area contributed by atoms with Crippen LogP contribution in [0, 0.1) is 0 Å². The van der Waals surface area contributed by atoms with E-state index in [0.717, 1.165) is 6.42 Å². The normalized spacial score (nSPS) is 15.8. The second-order valence-corrected chi connectivity index (χ2v) is 8.39. The quantitative estimate of drug-likeness (QED) is 0.0911. The van der Waals surface area contributed by atoms with Crippen LogP contribution in [0.5, 0.6) is 0 Å². The van der Waals surface area contributed by atoms with Crippen molar-refractivity contribution in [2.45, 2.75) is 62.9 Å². The largest absolute Gasteiger partial charge is 0.480 e. The summed E-state index contributed by atoms with van der Waals surface area (Å²) in [5, 5.41) is 25.9. The lowest BCUT2D eigenvalue weighted by molar-refractivity contribution is -0.145. The fourth-order valence-corrected chi connectivity index (χ4v) is 3.26. The monoisotopic (exact) mass is 481 g/mol. The molecule has 0 rings (SSSR count). The molecule has 9 N–H and O–H groups in total. The molecule has 0 bridgehead atoms. The van der Waals surface area contributed by atoms with Gasteiger partial charge in [0.05, 0.1) is 12.1 Å². The Balaban J connectivity index is 5.11. The molecule has 0 heterocycles. The van der Waals surface area contributed by atoms with Gasteiger partial charge in [0.1, 0.15) is 12.1 Å². The summed E-state index contributed by atoms with van der Waals surface area (Å²) in [6.45, 7) is 1.72. The number of amides is 3. The maximum absolute atomic E-state index is 12.7. The Morgan fingerprint density at radius 2 is 1.58 bits per heavy atom. The second kappa shape index (κ2) is 16.1. The average molecular weight is 482 g/mol. The minimum absolute atomic E-state index is 0.120. The second-order valence-electron chi connectivity index (χ2n) is 7.04. The van der Waals surface area contributed by atoms with E-state index >= 15 is 0 Å². The van der Waals surface area contributed by atoms with Crippen LogP contribution in [-0.2, 0) is 19.2 Å². The van der Waals surface area contributed by atoms with Crippen LogP contribution in [0.1, 0.15) is 32.6 Å². The Labute approximate surface area is 192 Å². The number of rotatable bonds is 16. The number of aliphatic hydroxyl groups is 1. The third-order valence-corrected chi connectivity index (χ3v) is 5.42. The van der Waals surface area contributed by atoms with E-state index < -0.39 is 54.0 Å². The molecular formula is C18H35N5O6S2. The molecule has 0 aliphatic rings. The molecule has 5 unspecified atom stereocenters. The molecule has 0 aromatic rings. The number of aliphatic hydroxyl groups excluding tert-OH is 1. The van der Waals surface area contributed by atoms with Gasteiger partial charge in [0.2, 0.25) is 17.7 Å². The minimum atomic E-state index is -1.54. The number of hydrogen-bond acceptors (Lipinski definition) is 9. The van der Waals surface area contributed by atoms with Crippen LogP contribution in [0.3, 0.4) is 0 Å². The summed E-state index contributed by atoms with van der Waals surface area (Å²) in [6, 6.07) is -4.42. The van der Waals surface area contributed by atoms with Gasteiger partial charge >= 0.3 is 5.97 Å². The van der Waals surface area contributed by atoms with Crippen LogP contribution < -0.4 is 27.4 Å². The first-order valence-corrected chi connectivity index (χ1v) is 12.0. The number of carboxylic acid groups (broad SMARTS) is 1. The summed E-state index contributed by atoms with van der Waals surface area (Å²) < 4.78 is 0. The Morgan fingerprint density at radius 1 is 1.00 bits per heavy atom. The van der Waals surface area contributed by atoms with Gasteiger partial charge in [-0.3, -0.25) is 14.4 Å². The molecule has 11 nitrogen and oxygen atoms in total. The third kappa shape index (κ3) is 11.6. The molecule has 0 spiro atoms. The molecule has 0 aliphatic carbocycles. The van der Waals surface area contributed by atoms with Crippen LogP contribution in [0.25, 0.3) is 0 Å². The Morgan fingerprint density at radius 3 is 2.06 bits per heavy atom. The van der Waals surface area contributed by atoms with Crippen molar-refractivity contribution in [3.8, 4) is 0 Å². The molecule has 13 heteroatoms. The van der Waals surface area contributed by atoms with E-state index in [0.29, 0.717) is 31.6 Å². The molecule has 0 saturated heterocycles. The molecule has 0 aromatic heterocycles. The Hall–Kier alpha value is -1.54. The number of unbranched alkanes of at least 4 members (excludes halogenated alkanes) is 1. The number of nitrogens with two attached hydrogens (primary N) is 2. The van der Waals surface area contributed by atoms with Crippen molar-refractivity contribution in [3.05, 3.63) is 0 Å². The van der Waals surface area contributed by atoms with Gasteiger partial charge in [-0.25, -0.2) is 4.79 Å². The fourth-order valence-electron chi connectivity index (χ4n) is 2.53. The van der Waals surface area contributed by atoms with E-state index in [9.17, 15) is 24.3 Å². The van der Waals surface area contributed by atoms with Crippen molar-refractivity contribution in [3.63, 3.8) is 0 Å². The summed E-state index contributed by atoms with van der Waals surface area (Å²) >= 11 is 5.52. The van der Waals surface area contributed by atoms with Gasteiger partial charge in [-0.05, 0) is 44.7 Å². The Bertz CT molecular complexity index is 596. The summed E-state index contributed by atoms with van der Waals surface area (Å²) in [5.74, 6) is -2.88. The van der Waals surface area contributed by atoms with Crippen LogP contribution in [0.15, 0.2) is 0 Å². The molecule has 0 fully saturated rings. The van der Waals surface area contributed by atoms with E-state index in [2.05, 4.69) is 28.6 Å². The van der Waals surface area contributed by atoms with E-state index in [1.807, 2.05) is 6.26 Å². The maximum atomic E-state index is 12.7. The SMILES string of the molecule is CSCCC(NC(=O)C(N)CCCCN)C(=O)NC(CS)C(=O)NC(C(=O)O)C(C)O. The van der Waals surface area contributed by atoms with Crippen LogP contribution in [0.4, 0.5) is 0 Å². The number of aliphatic carboxylic acids is 1. The van der Waals surface area contributed by atoms with Gasteiger partial charge in [0.25, 0.3) is 0 Å². The highest BCUT2D eigenvalue weighted by Crippen LogP contribution is 2.05. The van der Waals surface area contributed by atoms with Crippen molar-refractivity contribution in [2.24, 2.45) is 11.5 Å². The maximum Gasteiger partial charge on any atom is 0.328 e. The third-order valence-electron chi connectivity index (χ3n) is 4.41. The number of carbonyl (C=O) groups is 4. The molecular weight excluding hydrogens is 446 g/mol. The van der Waals surface area contributed by atoms with Crippen molar-refractivity contribution in [1.29, 1.82) is 0 Å². The highest BCUT2D eigenvalue weighted by molar-refractivity contribution is 7.98. The van der Waals surface area contributed by atoms with Crippen LogP contribution >= 0.6 is 24.4 Å². The highest BCUT2D eigenvalue weighted by atomic mass is 32.2. The predicted molar refractivity (Wildman–Crippen MR) is 123 cm³/mol. The number of carbonyl (C=O) groups excluding carboxylic acids is 3. The number of thiol groups is 1. The first-order chi connectivity index (χ1) is 14.6. The molecule has 3 amide bonds. The summed E-state index contributed by atoms with van der Waals surface area (Å²) in [5.41, 5.74) is 11.3. The van der Waals surface area contributed by atoms with E-state index in [4.69, 9.17) is 16.6 Å². The molecule has 5 atom stereocenters. The topological polar surface area (TPSA) is 197 Å². The summed E-state index contributed by atoms with van der Waals surface area (Å²) in [7, 11) is 0. The van der Waals surface area contributed by atoms with E-state index in [-0.39, 0.29) is 5.75 Å². The molecule has 0 radical (unpaired) electrons. The van der Waals surface area contributed by atoms with Crippen molar-refractivity contribution < 1.29 is 29.4 Å². The van der Waals surface area contributed by atoms with E-state index in [1.165, 1.54) is 18.7 Å². The molecule has 0 aromatic carbocycles. The number of thioether (sulfide) groups is 1. The predicted octanol–water partition coefficient (Wildman–Crippen LogP) is -1.95. The zero-order valence-electron chi connectivity index (χ0n) is 17.9. The summed E-state index contributed by atoms with van der Waals surface area (Å²) in [6.07, 6.45) is 2.66. The van der Waals surface area contributed by atoms with Gasteiger partial charge < -0.3 is 37.6 Å². The summed E-state index contributed by atoms with van der Waals surface area (Å²) in [4.78, 5) is 48.6. The van der Waals surface area contributed by atoms with Crippen LogP contribution in [0.2, 0.25) is 0 Å². The van der Waals surface area contributed by atoms with Crippen LogP contribution in [-0.4, -0.2) is 88.5 Å². The fraction of sp³-hybridized carbons (Fsp3) is 0.778. The smallest absolute Gasteiger partial charge is 0.328 e. The first kappa shape index (κ1) is 29.5. The number of carboxylic acids is 1. The average Bonchev–Trinajstić information content (AvgIpc) is 2.71. The molecule has 0 aliphatic heterocycles. The molecule has 180 valence electrons. The van der Waals surface area contributed by atoms with E-state index in [1.54, 1.807) is 0 Å². The number of nitrogens with one attached hydrogen (secondary N) is 3. The van der Waals surface area contributed by atoms with Crippen molar-refractivity contribution >= 4 is 48.1 Å². The lowest BCUT2D eigenvalue weighted by atomic mass is 10.1. The number of hydrogen-bond donors (Lipinski definition) is 8. The molecule has 0 saturated carbocycles. The molecule has 31 heavy (non-hydrogen) atoms. The van der Waals surface area contributed by atoms with Crippen molar-refractivity contribution in [2.75, 3.05) is 24.3 Å². The van der Waals surface area contributed by atoms with Crippen molar-refractivity contribution in [1.82, 2.24) is 16.0 Å². The van der Waals surface area contributed by atoms with Gasteiger partial charge in [0.15, 0.2) is 6.04 Å². The highest BCUT2D eigenvalue weighted by Gasteiger charge is 2.31. The van der Waals surface area contributed by atoms with Gasteiger partial charge in [-0.1, -0.05) is 6.42 Å². The van der Waals surface area contributed by atoms with Gasteiger partial charge in [-0.15, -0.1) is 0 Å². The van der Waals surface area contributed by atoms with Gasteiger partial charge in [-0.2, -0.15) is 24.4 Å².